The predicted octanol–water partition coefficient (Wildman–Crippen LogP) is 6.40. The molecular weight excluding hydrogens is 765 g/mol. The van der Waals surface area contributed by atoms with Crippen LogP contribution in [0, 0.1) is 0 Å². The Morgan fingerprint density at radius 2 is 1.85 bits per heavy atom. The Labute approximate surface area is 333 Å². The Morgan fingerprint density at radius 1 is 1.05 bits per heavy atom. The van der Waals surface area contributed by atoms with E-state index >= 15 is 0 Å². The number of carboxylic acid groups (broad SMARTS) is 1. The van der Waals surface area contributed by atoms with Crippen molar-refractivity contribution in [2.75, 3.05) is 45.6 Å². The molecule has 2 saturated heterocycles. The van der Waals surface area contributed by atoms with Crippen LogP contribution in [0.15, 0.2) is 84.0 Å². The highest BCUT2D eigenvalue weighted by Crippen LogP contribution is 2.48. The molecule has 0 spiro atoms. The minimum absolute atomic E-state index is 0.0118. The van der Waals surface area contributed by atoms with Crippen LogP contribution in [0.3, 0.4) is 0 Å². The third-order valence-electron chi connectivity index (χ3n) is 10.7. The molecular formula is C41H49Cl2N3O8S. The topological polar surface area (TPSA) is 139 Å². The number of sulfone groups is 1. The number of carboxylic acids is 1. The van der Waals surface area contributed by atoms with Crippen molar-refractivity contribution in [2.45, 2.75) is 79.7 Å². The number of β-amino-alcohol motifs (C(OH)–C–C–N with tert-alkyl or cyclic N) is 1. The van der Waals surface area contributed by atoms with E-state index in [1.54, 1.807) is 12.1 Å². The first kappa shape index (κ1) is 41.2. The van der Waals surface area contributed by atoms with Gasteiger partial charge in [0, 0.05) is 68.6 Å². The Hall–Kier alpha value is -3.49. The molecule has 3 aliphatic rings. The van der Waals surface area contributed by atoms with Crippen molar-refractivity contribution < 1.29 is 37.6 Å². The minimum atomic E-state index is -3.50. The van der Waals surface area contributed by atoms with Gasteiger partial charge in [-0.25, -0.2) is 8.42 Å². The Morgan fingerprint density at radius 3 is 2.58 bits per heavy atom. The number of ether oxygens (including phenoxy) is 3. The number of nitrogens with zero attached hydrogens (tertiary/aromatic N) is 3. The molecule has 0 radical (unpaired) electrons. The second kappa shape index (κ2) is 17.8. The fourth-order valence-electron chi connectivity index (χ4n) is 7.51. The predicted molar refractivity (Wildman–Crippen MR) is 212 cm³/mol. The normalized spacial score (nSPS) is 24.8. The van der Waals surface area contributed by atoms with Gasteiger partial charge in [-0.15, -0.1) is 11.6 Å². The van der Waals surface area contributed by atoms with Gasteiger partial charge in [0.25, 0.3) is 0 Å². The monoisotopic (exact) mass is 813 g/mol. The van der Waals surface area contributed by atoms with E-state index in [9.17, 15) is 23.4 Å². The third kappa shape index (κ3) is 9.91. The summed E-state index contributed by atoms with van der Waals surface area (Å²) in [6, 6.07) is 14.2. The van der Waals surface area contributed by atoms with Gasteiger partial charge in [0.1, 0.15) is 41.2 Å². The summed E-state index contributed by atoms with van der Waals surface area (Å²) in [5, 5.41) is 20.3. The molecule has 2 unspecified atom stereocenters. The summed E-state index contributed by atoms with van der Waals surface area (Å²) in [6.45, 7) is 5.41. The molecule has 55 heavy (non-hydrogen) atoms. The van der Waals surface area contributed by atoms with Crippen molar-refractivity contribution in [2.24, 2.45) is 0 Å². The summed E-state index contributed by atoms with van der Waals surface area (Å²) in [6.07, 6.45) is 13.2. The molecule has 14 heteroatoms. The average Bonchev–Trinajstić information content (AvgIpc) is 3.58. The van der Waals surface area contributed by atoms with Crippen LogP contribution in [0.2, 0.25) is 5.02 Å². The summed E-state index contributed by atoms with van der Waals surface area (Å²) < 4.78 is 44.1. The SMILES string of the molecule is CC1(Cl)C(c2ccccc2)=CC=CC1(COc1cc(OCc2cncc(S(C)(=O)=O)c2)c(CN2CCCC[C@H]2C(=O)O)cc1Cl)OCCCN1CC[C@@H](O)C1. The number of aliphatic hydroxyl groups is 1. The Balaban J connectivity index is 1.29. The third-order valence-corrected chi connectivity index (χ3v) is 12.6. The zero-order chi connectivity index (χ0) is 39.2. The van der Waals surface area contributed by atoms with Gasteiger partial charge in [-0.1, -0.05) is 60.5 Å². The Bertz CT molecular complexity index is 1990. The number of benzene rings is 2. The zero-order valence-electron chi connectivity index (χ0n) is 31.2. The van der Waals surface area contributed by atoms with Crippen LogP contribution < -0.4 is 9.47 Å². The largest absolute Gasteiger partial charge is 0.488 e. The molecule has 2 aliphatic heterocycles. The molecule has 6 rings (SSSR count). The van der Waals surface area contributed by atoms with Crippen molar-refractivity contribution in [1.29, 1.82) is 0 Å². The summed E-state index contributed by atoms with van der Waals surface area (Å²) in [7, 11) is -3.50. The quantitative estimate of drug-likeness (QED) is 0.123. The number of alkyl halides is 1. The van der Waals surface area contributed by atoms with Gasteiger partial charge in [-0.2, -0.15) is 0 Å². The number of hydrogen-bond donors (Lipinski definition) is 2. The lowest BCUT2D eigenvalue weighted by Crippen LogP contribution is -2.55. The van der Waals surface area contributed by atoms with Crippen molar-refractivity contribution in [3.8, 4) is 11.5 Å². The number of hydrogen-bond acceptors (Lipinski definition) is 10. The maximum atomic E-state index is 12.2. The average molecular weight is 815 g/mol. The number of likely N-dealkylation sites (tertiary alicyclic amines) is 2. The van der Waals surface area contributed by atoms with Crippen molar-refractivity contribution in [1.82, 2.24) is 14.8 Å². The van der Waals surface area contributed by atoms with Crippen LogP contribution in [0.4, 0.5) is 0 Å². The van der Waals surface area contributed by atoms with Gasteiger partial charge >= 0.3 is 5.97 Å². The highest BCUT2D eigenvalue weighted by molar-refractivity contribution is 7.90. The highest BCUT2D eigenvalue weighted by atomic mass is 35.5. The lowest BCUT2D eigenvalue weighted by molar-refractivity contribution is -0.144. The van der Waals surface area contributed by atoms with Crippen LogP contribution in [0.25, 0.3) is 5.57 Å². The van der Waals surface area contributed by atoms with Gasteiger partial charge in [0.15, 0.2) is 9.84 Å². The molecule has 3 heterocycles. The lowest BCUT2D eigenvalue weighted by atomic mass is 9.76. The first-order valence-corrected chi connectivity index (χ1v) is 21.3. The van der Waals surface area contributed by atoms with Crippen LogP contribution in [-0.2, 0) is 32.5 Å². The molecule has 3 aromatic rings. The molecule has 2 fully saturated rings. The molecule has 11 nitrogen and oxygen atoms in total. The lowest BCUT2D eigenvalue weighted by Gasteiger charge is -2.45. The van der Waals surface area contributed by atoms with Crippen molar-refractivity contribution in [3.63, 3.8) is 0 Å². The van der Waals surface area contributed by atoms with Gasteiger partial charge in [0.2, 0.25) is 0 Å². The maximum absolute atomic E-state index is 12.2. The second-order valence-electron chi connectivity index (χ2n) is 14.7. The molecule has 4 atom stereocenters. The molecule has 1 aromatic heterocycles. The molecule has 0 amide bonds. The van der Waals surface area contributed by atoms with Crippen LogP contribution in [0.5, 0.6) is 11.5 Å². The molecule has 2 aromatic carbocycles. The summed E-state index contributed by atoms with van der Waals surface area (Å²) >= 11 is 14.5. The van der Waals surface area contributed by atoms with E-state index in [0.29, 0.717) is 53.8 Å². The summed E-state index contributed by atoms with van der Waals surface area (Å²) in [5.41, 5.74) is 1.88. The molecule has 0 saturated carbocycles. The first-order chi connectivity index (χ1) is 26.3. The molecule has 0 bridgehead atoms. The number of pyridine rings is 1. The smallest absolute Gasteiger partial charge is 0.320 e. The number of piperidine rings is 1. The fraction of sp³-hybridized carbons (Fsp3) is 0.463. The number of aromatic nitrogens is 1. The number of aliphatic carboxylic acids is 1. The highest BCUT2D eigenvalue weighted by Gasteiger charge is 2.51. The zero-order valence-corrected chi connectivity index (χ0v) is 33.5. The number of halogens is 2. The first-order valence-electron chi connectivity index (χ1n) is 18.6. The standard InChI is InChI=1S/C41H49Cl2N3O8S/c1-40(43)34(30-10-4-3-5-11-30)12-8-15-41(40,54-19-9-16-45-18-14-32(47)26-45)28-53-38-22-37(52-27-29-20-33(24-44-23-29)55(2,50)51)31(21-35(38)42)25-46-17-7-6-13-36(46)39(48)49/h3-5,8,10-12,15,20-24,32,36,47H,6-7,9,13-14,16-19,25-28H2,1-2H3,(H,48,49)/t32-,36+,40?,41?/m1/s1. The van der Waals surface area contributed by atoms with Crippen LogP contribution >= 0.6 is 23.2 Å². The summed E-state index contributed by atoms with van der Waals surface area (Å²) in [4.78, 5) is 19.4. The van der Waals surface area contributed by atoms with E-state index in [2.05, 4.69) is 9.88 Å². The van der Waals surface area contributed by atoms with E-state index in [0.717, 1.165) is 56.2 Å². The number of aliphatic hydroxyl groups excluding tert-OH is 1. The van der Waals surface area contributed by atoms with E-state index in [1.165, 1.54) is 18.5 Å². The fourth-order valence-corrected chi connectivity index (χ4v) is 8.71. The second-order valence-corrected chi connectivity index (χ2v) is 17.9. The molecule has 1 aliphatic carbocycles. The van der Waals surface area contributed by atoms with Gasteiger partial charge in [-0.3, -0.25) is 14.7 Å². The minimum Gasteiger partial charge on any atom is -0.488 e. The summed E-state index contributed by atoms with van der Waals surface area (Å²) in [5.74, 6) is -0.171. The van der Waals surface area contributed by atoms with E-state index in [1.807, 2.05) is 60.4 Å². The Kier molecular flexibility index (Phi) is 13.3. The van der Waals surface area contributed by atoms with Gasteiger partial charge in [-0.05, 0) is 68.5 Å². The van der Waals surface area contributed by atoms with E-state index in [4.69, 9.17) is 37.4 Å². The van der Waals surface area contributed by atoms with Gasteiger partial charge in [0.05, 0.1) is 16.0 Å². The number of rotatable bonds is 16. The van der Waals surface area contributed by atoms with Crippen LogP contribution in [0.1, 0.15) is 55.7 Å². The van der Waals surface area contributed by atoms with Gasteiger partial charge < -0.3 is 29.3 Å². The molecule has 2 N–H and O–H groups in total. The van der Waals surface area contributed by atoms with Crippen molar-refractivity contribution in [3.05, 3.63) is 101 Å². The van der Waals surface area contributed by atoms with Crippen LogP contribution in [-0.4, -0.2) is 108 Å². The number of carbonyl (C=O) groups is 1. The maximum Gasteiger partial charge on any atom is 0.320 e. The molecule has 296 valence electrons. The number of allylic oxidation sites excluding steroid dienone is 2. The van der Waals surface area contributed by atoms with Crippen molar-refractivity contribution >= 4 is 44.6 Å². The van der Waals surface area contributed by atoms with E-state index < -0.39 is 32.3 Å². The van der Waals surface area contributed by atoms with E-state index in [-0.39, 0.29) is 30.8 Å².